The van der Waals surface area contributed by atoms with E-state index in [-0.39, 0.29) is 11.9 Å². The summed E-state index contributed by atoms with van der Waals surface area (Å²) in [5.41, 5.74) is 1.90. The molecule has 2 aromatic heterocycles. The van der Waals surface area contributed by atoms with Crippen molar-refractivity contribution in [2.24, 2.45) is 0 Å². The zero-order valence-electron chi connectivity index (χ0n) is 13.8. The summed E-state index contributed by atoms with van der Waals surface area (Å²) in [6, 6.07) is 4.12. The second-order valence-electron chi connectivity index (χ2n) is 6.07. The molecule has 0 bridgehead atoms. The lowest BCUT2D eigenvalue weighted by molar-refractivity contribution is 0.0935. The van der Waals surface area contributed by atoms with E-state index in [1.54, 1.807) is 17.5 Å². The maximum Gasteiger partial charge on any atom is 0.261 e. The molecule has 122 valence electrons. The Morgan fingerprint density at radius 2 is 2.00 bits per heavy atom. The SMILES string of the molecule is Cc1cnc(C)c(N2CCC(NC(=O)c3ccc(C)s3)CC2)n1. The van der Waals surface area contributed by atoms with Crippen LogP contribution >= 0.6 is 11.3 Å². The van der Waals surface area contributed by atoms with Crippen LogP contribution < -0.4 is 10.2 Å². The van der Waals surface area contributed by atoms with Gasteiger partial charge in [0.15, 0.2) is 0 Å². The Kier molecular flexibility index (Phi) is 4.61. The van der Waals surface area contributed by atoms with Gasteiger partial charge in [0.2, 0.25) is 0 Å². The Hall–Kier alpha value is -1.95. The summed E-state index contributed by atoms with van der Waals surface area (Å²) in [7, 11) is 0. The molecule has 2 aromatic rings. The van der Waals surface area contributed by atoms with Crippen LogP contribution in [0.15, 0.2) is 18.3 Å². The van der Waals surface area contributed by atoms with E-state index in [1.165, 1.54) is 4.88 Å². The van der Waals surface area contributed by atoms with Crippen molar-refractivity contribution >= 4 is 23.1 Å². The number of carbonyl (C=O) groups is 1. The van der Waals surface area contributed by atoms with Crippen molar-refractivity contribution < 1.29 is 4.79 Å². The fourth-order valence-corrected chi connectivity index (χ4v) is 3.64. The van der Waals surface area contributed by atoms with Crippen molar-refractivity contribution in [3.8, 4) is 0 Å². The molecule has 1 fully saturated rings. The molecule has 1 aliphatic heterocycles. The lowest BCUT2D eigenvalue weighted by Crippen LogP contribution is -2.45. The number of hydrogen-bond acceptors (Lipinski definition) is 5. The quantitative estimate of drug-likeness (QED) is 0.940. The number of aromatic nitrogens is 2. The monoisotopic (exact) mass is 330 g/mol. The van der Waals surface area contributed by atoms with Gasteiger partial charge >= 0.3 is 0 Å². The number of nitrogens with zero attached hydrogens (tertiary/aromatic N) is 3. The van der Waals surface area contributed by atoms with Gasteiger partial charge in [0.25, 0.3) is 5.91 Å². The number of anilines is 1. The van der Waals surface area contributed by atoms with Crippen LogP contribution in [0.4, 0.5) is 5.82 Å². The number of amides is 1. The first-order chi connectivity index (χ1) is 11.0. The van der Waals surface area contributed by atoms with Crippen molar-refractivity contribution in [1.82, 2.24) is 15.3 Å². The van der Waals surface area contributed by atoms with Gasteiger partial charge in [-0.3, -0.25) is 9.78 Å². The normalized spacial score (nSPS) is 15.7. The molecule has 0 spiro atoms. The molecule has 3 heterocycles. The molecule has 6 heteroatoms. The lowest BCUT2D eigenvalue weighted by atomic mass is 10.0. The molecule has 5 nitrogen and oxygen atoms in total. The number of aryl methyl sites for hydroxylation is 3. The summed E-state index contributed by atoms with van der Waals surface area (Å²) in [6.45, 7) is 7.77. The van der Waals surface area contributed by atoms with Crippen LogP contribution in [-0.2, 0) is 0 Å². The van der Waals surface area contributed by atoms with Gasteiger partial charge in [-0.25, -0.2) is 4.98 Å². The summed E-state index contributed by atoms with van der Waals surface area (Å²) >= 11 is 1.54. The molecule has 0 unspecified atom stereocenters. The predicted molar refractivity (Wildman–Crippen MR) is 93.3 cm³/mol. The Balaban J connectivity index is 1.58. The maximum atomic E-state index is 12.2. The molecule has 0 atom stereocenters. The minimum Gasteiger partial charge on any atom is -0.355 e. The van der Waals surface area contributed by atoms with Crippen molar-refractivity contribution in [2.45, 2.75) is 39.7 Å². The topological polar surface area (TPSA) is 58.1 Å². The molecule has 3 rings (SSSR count). The summed E-state index contributed by atoms with van der Waals surface area (Å²) in [5.74, 6) is 1.02. The average Bonchev–Trinajstić information content (AvgIpc) is 2.97. The number of carbonyl (C=O) groups excluding carboxylic acids is 1. The van der Waals surface area contributed by atoms with Crippen LogP contribution in [-0.4, -0.2) is 35.0 Å². The van der Waals surface area contributed by atoms with E-state index >= 15 is 0 Å². The molecule has 0 radical (unpaired) electrons. The van der Waals surface area contributed by atoms with Crippen LogP contribution in [0.3, 0.4) is 0 Å². The molecule has 1 amide bonds. The van der Waals surface area contributed by atoms with E-state index in [0.717, 1.165) is 48.0 Å². The maximum absolute atomic E-state index is 12.2. The van der Waals surface area contributed by atoms with Gasteiger partial charge < -0.3 is 10.2 Å². The van der Waals surface area contributed by atoms with Crippen molar-refractivity contribution in [3.05, 3.63) is 39.5 Å². The van der Waals surface area contributed by atoms with Gasteiger partial charge in [-0.05, 0) is 45.7 Å². The molecular formula is C17H22N4OS. The van der Waals surface area contributed by atoms with E-state index in [0.29, 0.717) is 0 Å². The minimum atomic E-state index is 0.0491. The van der Waals surface area contributed by atoms with Crippen LogP contribution in [0.5, 0.6) is 0 Å². The Bertz CT molecular complexity index is 704. The fourth-order valence-electron chi connectivity index (χ4n) is 2.87. The Morgan fingerprint density at radius 3 is 2.65 bits per heavy atom. The van der Waals surface area contributed by atoms with Crippen LogP contribution in [0.2, 0.25) is 0 Å². The van der Waals surface area contributed by atoms with Crippen molar-refractivity contribution in [3.63, 3.8) is 0 Å². The lowest BCUT2D eigenvalue weighted by Gasteiger charge is -2.33. The molecular weight excluding hydrogens is 308 g/mol. The van der Waals surface area contributed by atoms with Crippen LogP contribution in [0, 0.1) is 20.8 Å². The minimum absolute atomic E-state index is 0.0491. The summed E-state index contributed by atoms with van der Waals surface area (Å²) < 4.78 is 0. The van der Waals surface area contributed by atoms with E-state index in [1.807, 2.05) is 32.9 Å². The van der Waals surface area contributed by atoms with Gasteiger partial charge in [-0.2, -0.15) is 0 Å². The first-order valence-electron chi connectivity index (χ1n) is 7.95. The summed E-state index contributed by atoms with van der Waals surface area (Å²) in [4.78, 5) is 25.5. The molecule has 1 saturated heterocycles. The van der Waals surface area contributed by atoms with Gasteiger partial charge in [0.1, 0.15) is 5.82 Å². The van der Waals surface area contributed by atoms with Gasteiger partial charge in [-0.1, -0.05) is 0 Å². The van der Waals surface area contributed by atoms with Crippen LogP contribution in [0.1, 0.15) is 38.8 Å². The van der Waals surface area contributed by atoms with Crippen molar-refractivity contribution in [1.29, 1.82) is 0 Å². The van der Waals surface area contributed by atoms with Gasteiger partial charge in [0, 0.05) is 30.2 Å². The standard InChI is InChI=1S/C17H22N4OS/c1-11-10-18-13(3)16(19-11)21-8-6-14(7-9-21)20-17(22)15-5-4-12(2)23-15/h4-5,10,14H,6-9H2,1-3H3,(H,20,22). The Labute approximate surface area is 140 Å². The third-order valence-corrected chi connectivity index (χ3v) is 5.14. The number of nitrogens with one attached hydrogen (secondary N) is 1. The predicted octanol–water partition coefficient (Wildman–Crippen LogP) is 2.86. The van der Waals surface area contributed by atoms with E-state index < -0.39 is 0 Å². The van der Waals surface area contributed by atoms with Gasteiger partial charge in [0.05, 0.1) is 16.3 Å². The van der Waals surface area contributed by atoms with E-state index in [4.69, 9.17) is 0 Å². The molecule has 1 aliphatic rings. The highest BCUT2D eigenvalue weighted by molar-refractivity contribution is 7.13. The molecule has 0 aromatic carbocycles. The highest BCUT2D eigenvalue weighted by Gasteiger charge is 2.23. The highest BCUT2D eigenvalue weighted by Crippen LogP contribution is 2.21. The zero-order valence-corrected chi connectivity index (χ0v) is 14.6. The van der Waals surface area contributed by atoms with Gasteiger partial charge in [-0.15, -0.1) is 11.3 Å². The summed E-state index contributed by atoms with van der Waals surface area (Å²) in [5, 5.41) is 3.16. The number of thiophene rings is 1. The third-order valence-electron chi connectivity index (χ3n) is 4.14. The number of rotatable bonds is 3. The third kappa shape index (κ3) is 3.69. The average molecular weight is 330 g/mol. The van der Waals surface area contributed by atoms with Crippen LogP contribution in [0.25, 0.3) is 0 Å². The fraction of sp³-hybridized carbons (Fsp3) is 0.471. The number of hydrogen-bond donors (Lipinski definition) is 1. The Morgan fingerprint density at radius 1 is 1.26 bits per heavy atom. The highest BCUT2D eigenvalue weighted by atomic mass is 32.1. The molecule has 0 saturated carbocycles. The smallest absolute Gasteiger partial charge is 0.261 e. The zero-order chi connectivity index (χ0) is 16.4. The number of piperidine rings is 1. The second-order valence-corrected chi connectivity index (χ2v) is 7.35. The summed E-state index contributed by atoms with van der Waals surface area (Å²) in [6.07, 6.45) is 3.67. The molecule has 1 N–H and O–H groups in total. The first-order valence-corrected chi connectivity index (χ1v) is 8.77. The van der Waals surface area contributed by atoms with E-state index in [9.17, 15) is 4.79 Å². The van der Waals surface area contributed by atoms with Crippen molar-refractivity contribution in [2.75, 3.05) is 18.0 Å². The largest absolute Gasteiger partial charge is 0.355 e. The molecule has 0 aliphatic carbocycles. The van der Waals surface area contributed by atoms with E-state index in [2.05, 4.69) is 20.2 Å². The first kappa shape index (κ1) is 15.9. The molecule has 23 heavy (non-hydrogen) atoms. The second kappa shape index (κ2) is 6.66.